The summed E-state index contributed by atoms with van der Waals surface area (Å²) in [5.74, 6) is -3.42. The second-order valence-electron chi connectivity index (χ2n) is 28.3. The molecule has 0 radical (unpaired) electrons. The minimum atomic E-state index is -1.49. The molecule has 1 fully saturated rings. The number of aromatic nitrogens is 1. The topological polar surface area (TPSA) is 315 Å². The van der Waals surface area contributed by atoms with Crippen molar-refractivity contribution in [2.45, 2.75) is 147 Å². The largest absolute Gasteiger partial charge is 0.489 e. The molecule has 0 bridgehead atoms. The number of fused-ring (bicyclic) bond motifs is 4. The van der Waals surface area contributed by atoms with Gasteiger partial charge in [0.05, 0.1) is 6.54 Å². The number of unbranched alkanes of at least 4 members (excludes halogenated alkanes) is 2. The molecule has 0 unspecified atom stereocenters. The number of para-hydroxylation sites is 1. The predicted molar refractivity (Wildman–Crippen MR) is 400 cm³/mol. The number of carbonyl (C=O) groups excluding carboxylic acids is 9. The number of carbonyl (C=O) groups is 9. The third-order valence-electron chi connectivity index (χ3n) is 17.9. The van der Waals surface area contributed by atoms with Crippen LogP contribution in [0.25, 0.3) is 22.0 Å². The van der Waals surface area contributed by atoms with Crippen LogP contribution in [0.2, 0.25) is 0 Å². The molecule has 1 saturated heterocycles. The lowest BCUT2D eigenvalue weighted by Crippen LogP contribution is -2.58. The number of H-pyrrole nitrogens is 1. The van der Waals surface area contributed by atoms with Crippen LogP contribution in [0.3, 0.4) is 0 Å². The van der Waals surface area contributed by atoms with Gasteiger partial charge in [-0.1, -0.05) is 170 Å². The number of amides is 9. The van der Waals surface area contributed by atoms with Crippen LogP contribution in [0.4, 0.5) is 19.2 Å². The lowest BCUT2D eigenvalue weighted by Gasteiger charge is -2.31. The van der Waals surface area contributed by atoms with Gasteiger partial charge in [0.2, 0.25) is 29.5 Å². The van der Waals surface area contributed by atoms with Crippen molar-refractivity contribution in [3.63, 3.8) is 0 Å². The molecule has 556 valence electrons. The SMILES string of the molecule is CC(C)(C)OC(=O)NCCCCCNC(=O)[C@@H](Cc1c[nH]c2ccccc12)NC(=O)[C@@H](NC(=O)[C@@H]1C[C@@H](OC(=O)NCCNC(=O)OC(C)(C)C)CN1C(=O)[C@H](Cc1ccccc1)NC(=O)[C@H](Cc1ccc(OCc2ccccc2)cc1)NC(=O)OCC1c2ccccc2-c2ccccc21)c1ccccc1. The second-order valence-corrected chi connectivity index (χ2v) is 28.3. The molecular weight excluding hydrogens is 1350 g/mol. The Kier molecular flexibility index (Phi) is 26.6. The fourth-order valence-electron chi connectivity index (χ4n) is 12.9. The van der Waals surface area contributed by atoms with E-state index in [0.717, 1.165) is 44.3 Å². The van der Waals surface area contributed by atoms with Gasteiger partial charge in [-0.25, -0.2) is 19.2 Å². The molecule has 2 aliphatic rings. The number of rotatable bonds is 31. The van der Waals surface area contributed by atoms with Crippen molar-refractivity contribution in [1.29, 1.82) is 0 Å². The summed E-state index contributed by atoms with van der Waals surface area (Å²) < 4.78 is 28.7. The number of nitrogens with zero attached hydrogens (tertiary/aromatic N) is 1. The van der Waals surface area contributed by atoms with Gasteiger partial charge < -0.3 is 76.1 Å². The molecule has 1 aliphatic carbocycles. The smallest absolute Gasteiger partial charge is 0.407 e. The quantitative estimate of drug-likeness (QED) is 0.0144. The lowest BCUT2D eigenvalue weighted by atomic mass is 9.98. The number of nitrogens with one attached hydrogen (secondary N) is 9. The minimum Gasteiger partial charge on any atom is -0.489 e. The van der Waals surface area contributed by atoms with Crippen LogP contribution in [0.1, 0.15) is 118 Å². The molecule has 9 amide bonds. The van der Waals surface area contributed by atoms with Gasteiger partial charge in [-0.2, -0.15) is 0 Å². The Morgan fingerprint density at radius 3 is 1.66 bits per heavy atom. The van der Waals surface area contributed by atoms with Crippen molar-refractivity contribution in [3.05, 3.63) is 233 Å². The van der Waals surface area contributed by atoms with Crippen LogP contribution in [-0.4, -0.2) is 145 Å². The molecule has 10 rings (SSSR count). The summed E-state index contributed by atoms with van der Waals surface area (Å²) in [7, 11) is 0. The maximum absolute atomic E-state index is 15.9. The highest BCUT2D eigenvalue weighted by molar-refractivity contribution is 5.98. The zero-order valence-electron chi connectivity index (χ0n) is 60.6. The number of benzene rings is 7. The van der Waals surface area contributed by atoms with E-state index in [0.29, 0.717) is 54.9 Å². The molecular formula is C82H94N10O14. The number of hydrogen-bond acceptors (Lipinski definition) is 14. The van der Waals surface area contributed by atoms with E-state index in [1.165, 1.54) is 4.90 Å². The maximum Gasteiger partial charge on any atom is 0.407 e. The Bertz CT molecular complexity index is 4270. The lowest BCUT2D eigenvalue weighted by molar-refractivity contribution is -0.142. The summed E-state index contributed by atoms with van der Waals surface area (Å²) in [6, 6.07) is 50.3. The summed E-state index contributed by atoms with van der Waals surface area (Å²) in [6.07, 6.45) is -1.14. The predicted octanol–water partition coefficient (Wildman–Crippen LogP) is 10.5. The average Bonchev–Trinajstić information content (AvgIpc) is 1.62. The molecule has 0 saturated carbocycles. The fraction of sp³-hybridized carbons (Fsp3) is 0.354. The van der Waals surface area contributed by atoms with Crippen LogP contribution in [-0.2, 0) is 68.8 Å². The highest BCUT2D eigenvalue weighted by Crippen LogP contribution is 2.44. The van der Waals surface area contributed by atoms with Crippen LogP contribution in [0, 0.1) is 0 Å². The Morgan fingerprint density at radius 2 is 1.02 bits per heavy atom. The first-order valence-corrected chi connectivity index (χ1v) is 35.9. The molecule has 24 nitrogen and oxygen atoms in total. The zero-order chi connectivity index (χ0) is 75.2. The average molecular weight is 1440 g/mol. The molecule has 24 heteroatoms. The van der Waals surface area contributed by atoms with Gasteiger partial charge in [-0.15, -0.1) is 0 Å². The van der Waals surface area contributed by atoms with Crippen molar-refractivity contribution in [2.24, 2.45) is 0 Å². The van der Waals surface area contributed by atoms with Gasteiger partial charge in [-0.3, -0.25) is 24.0 Å². The van der Waals surface area contributed by atoms with Gasteiger partial charge in [0.25, 0.3) is 0 Å². The molecule has 7 aromatic carbocycles. The van der Waals surface area contributed by atoms with Crippen molar-refractivity contribution in [3.8, 4) is 16.9 Å². The van der Waals surface area contributed by atoms with E-state index >= 15 is 19.2 Å². The second kappa shape index (κ2) is 36.6. The third-order valence-corrected chi connectivity index (χ3v) is 17.9. The fourth-order valence-corrected chi connectivity index (χ4v) is 12.9. The van der Waals surface area contributed by atoms with Crippen molar-refractivity contribution in [2.75, 3.05) is 39.3 Å². The molecule has 9 N–H and O–H groups in total. The van der Waals surface area contributed by atoms with Gasteiger partial charge in [0, 0.05) is 74.9 Å². The van der Waals surface area contributed by atoms with Crippen molar-refractivity contribution in [1.82, 2.24) is 52.4 Å². The van der Waals surface area contributed by atoms with E-state index in [4.69, 9.17) is 23.7 Å². The van der Waals surface area contributed by atoms with Crippen molar-refractivity contribution >= 4 is 64.8 Å². The molecule has 1 aromatic heterocycles. The zero-order valence-corrected chi connectivity index (χ0v) is 60.6. The maximum atomic E-state index is 15.9. The van der Waals surface area contributed by atoms with Crippen LogP contribution < -0.4 is 47.3 Å². The molecule has 2 heterocycles. The summed E-state index contributed by atoms with van der Waals surface area (Å²) in [4.78, 5) is 134. The molecule has 1 aliphatic heterocycles. The summed E-state index contributed by atoms with van der Waals surface area (Å²) >= 11 is 0. The first-order chi connectivity index (χ1) is 51.0. The first-order valence-electron chi connectivity index (χ1n) is 35.9. The van der Waals surface area contributed by atoms with Crippen LogP contribution in [0.15, 0.2) is 194 Å². The minimum absolute atomic E-state index is 0.0346. The van der Waals surface area contributed by atoms with E-state index in [1.807, 2.05) is 103 Å². The first kappa shape index (κ1) is 76.9. The van der Waals surface area contributed by atoms with E-state index in [2.05, 4.69) is 47.5 Å². The van der Waals surface area contributed by atoms with Crippen LogP contribution >= 0.6 is 0 Å². The van der Waals surface area contributed by atoms with E-state index < -0.39 is 101 Å². The Balaban J connectivity index is 0.911. The number of ether oxygens (including phenoxy) is 5. The van der Waals surface area contributed by atoms with E-state index in [-0.39, 0.29) is 64.4 Å². The Labute approximate surface area is 617 Å². The molecule has 106 heavy (non-hydrogen) atoms. The number of alkyl carbamates (subject to hydrolysis) is 4. The number of hydrogen-bond donors (Lipinski definition) is 9. The van der Waals surface area contributed by atoms with Gasteiger partial charge in [0.15, 0.2) is 0 Å². The van der Waals surface area contributed by atoms with E-state index in [1.54, 1.807) is 133 Å². The highest BCUT2D eigenvalue weighted by atomic mass is 16.6. The highest BCUT2D eigenvalue weighted by Gasteiger charge is 2.45. The van der Waals surface area contributed by atoms with Gasteiger partial charge in [0.1, 0.15) is 66.5 Å². The summed E-state index contributed by atoms with van der Waals surface area (Å²) in [6.45, 7) is 10.8. The number of aromatic amines is 1. The standard InChI is InChI=1S/C82H94N10O14/c1-81(2,3)105-78(99)84-42-24-10-23-41-83-72(93)68(47-57-49-87-66-36-22-21-31-60(57)66)88-75(96)71(56-29-15-9-16-30-56)91-74(95)70-48-59(104-77(98)85-43-44-86-79(100)106-82(4,5)6)50-92(70)76(97)69(46-53-25-11-7-12-26-53)89-73(94)67(45-54-37-39-58(40-38-54)102-51-55-27-13-8-14-28-55)90-80(101)103-52-65-63-34-19-17-32-61(63)62-33-18-20-35-64(62)65/h7-9,11-22,25-40,49,59,65,67-71,87H,10,23-24,41-48,50-52H2,1-6H3,(H,83,93)(H,84,99)(H,85,98)(H,86,100)(H,88,96)(H,89,94)(H,90,101)(H,91,95)/t59-,67+,68-,69+,70+,71+/m1/s1. The number of likely N-dealkylation sites (tertiary alicyclic amines) is 1. The van der Waals surface area contributed by atoms with Crippen molar-refractivity contribution < 1.29 is 66.8 Å². The monoisotopic (exact) mass is 1440 g/mol. The molecule has 0 spiro atoms. The van der Waals surface area contributed by atoms with Gasteiger partial charge in [-0.05, 0) is 129 Å². The molecule has 8 aromatic rings. The normalized spacial score (nSPS) is 15.0. The van der Waals surface area contributed by atoms with Crippen LogP contribution in [0.5, 0.6) is 5.75 Å². The Hall–Kier alpha value is -11.7. The van der Waals surface area contributed by atoms with Gasteiger partial charge >= 0.3 is 24.4 Å². The summed E-state index contributed by atoms with van der Waals surface area (Å²) in [5.41, 5.74) is 6.63. The Morgan fingerprint density at radius 1 is 0.491 bits per heavy atom. The summed E-state index contributed by atoms with van der Waals surface area (Å²) in [5, 5.41) is 23.3. The van der Waals surface area contributed by atoms with E-state index in [9.17, 15) is 24.0 Å². The third kappa shape index (κ3) is 22.4. The molecule has 6 atom stereocenters.